The van der Waals surface area contributed by atoms with Gasteiger partial charge in [0.25, 0.3) is 5.95 Å². The summed E-state index contributed by atoms with van der Waals surface area (Å²) in [6.45, 7) is 0. The van der Waals surface area contributed by atoms with Gasteiger partial charge in [-0.1, -0.05) is 0 Å². The summed E-state index contributed by atoms with van der Waals surface area (Å²) in [6.07, 6.45) is 3.39. The molecule has 2 aromatic rings. The van der Waals surface area contributed by atoms with E-state index in [1.165, 1.54) is 17.3 Å². The van der Waals surface area contributed by atoms with Gasteiger partial charge in [-0.3, -0.25) is 0 Å². The van der Waals surface area contributed by atoms with Gasteiger partial charge >= 0.3 is 0 Å². The van der Waals surface area contributed by atoms with Gasteiger partial charge in [0.2, 0.25) is 11.9 Å². The fourth-order valence-corrected chi connectivity index (χ4v) is 3.72. The minimum absolute atomic E-state index is 0.0895. The third-order valence-corrected chi connectivity index (χ3v) is 4.80. The van der Waals surface area contributed by atoms with Gasteiger partial charge in [-0.15, -0.1) is 0 Å². The second-order valence-corrected chi connectivity index (χ2v) is 6.85. The maximum atomic E-state index is 11.5. The largest absolute Gasteiger partial charge is 0.357 e. The molecule has 3 heterocycles. The van der Waals surface area contributed by atoms with Gasteiger partial charge in [0.1, 0.15) is 12.7 Å². The first-order chi connectivity index (χ1) is 10.1. The van der Waals surface area contributed by atoms with Crippen LogP contribution in [0.25, 0.3) is 5.95 Å². The van der Waals surface area contributed by atoms with Crippen LogP contribution in [-0.2, 0) is 9.84 Å². The first-order valence-corrected chi connectivity index (χ1v) is 8.14. The summed E-state index contributed by atoms with van der Waals surface area (Å²) in [4.78, 5) is 16.4. The monoisotopic (exact) mass is 310 g/mol. The molecular formula is C10H14N8O2S. The molecule has 0 aromatic carbocycles. The molecule has 2 N–H and O–H groups in total. The standard InChI is InChI=1S/C10H14N8O2S/c1-11-8-15-9(14-7-2-3-21(19,20)4-7)17-10(16-8)18-6-12-5-13-18/h5-7H,2-4H2,1H3,(H2,11,14,15,16,17). The molecule has 1 aliphatic rings. The number of hydrogen-bond acceptors (Lipinski definition) is 9. The topological polar surface area (TPSA) is 128 Å². The van der Waals surface area contributed by atoms with Crippen molar-refractivity contribution in [1.29, 1.82) is 0 Å². The molecule has 1 saturated heterocycles. The van der Waals surface area contributed by atoms with E-state index in [1.54, 1.807) is 7.05 Å². The molecule has 1 fully saturated rings. The van der Waals surface area contributed by atoms with E-state index >= 15 is 0 Å². The van der Waals surface area contributed by atoms with E-state index in [2.05, 4.69) is 35.7 Å². The molecule has 0 radical (unpaired) electrons. The Morgan fingerprint density at radius 1 is 1.29 bits per heavy atom. The predicted octanol–water partition coefficient (Wildman–Crippen LogP) is -0.907. The van der Waals surface area contributed by atoms with Gasteiger partial charge in [-0.05, 0) is 6.42 Å². The highest BCUT2D eigenvalue weighted by Crippen LogP contribution is 2.16. The second kappa shape index (κ2) is 5.24. The van der Waals surface area contributed by atoms with Crippen molar-refractivity contribution in [3.05, 3.63) is 12.7 Å². The first-order valence-electron chi connectivity index (χ1n) is 6.31. The van der Waals surface area contributed by atoms with Gasteiger partial charge in [-0.2, -0.15) is 24.7 Å². The number of aromatic nitrogens is 6. The lowest BCUT2D eigenvalue weighted by molar-refractivity contribution is 0.602. The first kappa shape index (κ1) is 13.7. The zero-order valence-corrected chi connectivity index (χ0v) is 12.1. The third kappa shape index (κ3) is 3.07. The average Bonchev–Trinajstić information content (AvgIpc) is 3.08. The highest BCUT2D eigenvalue weighted by Gasteiger charge is 2.28. The molecular weight excluding hydrogens is 296 g/mol. The van der Waals surface area contributed by atoms with Gasteiger partial charge in [0, 0.05) is 13.1 Å². The van der Waals surface area contributed by atoms with Gasteiger partial charge in [0.15, 0.2) is 9.84 Å². The number of sulfone groups is 1. The fraction of sp³-hybridized carbons (Fsp3) is 0.500. The van der Waals surface area contributed by atoms with Gasteiger partial charge in [-0.25, -0.2) is 13.4 Å². The summed E-state index contributed by atoms with van der Waals surface area (Å²) in [5, 5.41) is 9.82. The molecule has 1 unspecified atom stereocenters. The van der Waals surface area contributed by atoms with Gasteiger partial charge < -0.3 is 10.6 Å². The summed E-state index contributed by atoms with van der Waals surface area (Å²) in [7, 11) is -1.28. The molecule has 10 nitrogen and oxygen atoms in total. The average molecular weight is 310 g/mol. The van der Waals surface area contributed by atoms with Crippen molar-refractivity contribution in [2.75, 3.05) is 29.2 Å². The Kier molecular flexibility index (Phi) is 3.41. The van der Waals surface area contributed by atoms with Crippen LogP contribution in [0.3, 0.4) is 0 Å². The molecule has 2 aromatic heterocycles. The number of rotatable bonds is 4. The van der Waals surface area contributed by atoms with Crippen molar-refractivity contribution < 1.29 is 8.42 Å². The number of hydrogen-bond donors (Lipinski definition) is 2. The zero-order chi connectivity index (χ0) is 14.9. The van der Waals surface area contributed by atoms with Crippen molar-refractivity contribution in [3.8, 4) is 5.95 Å². The summed E-state index contributed by atoms with van der Waals surface area (Å²) in [6, 6.07) is -0.189. The number of nitrogens with one attached hydrogen (secondary N) is 2. The maximum absolute atomic E-state index is 11.5. The van der Waals surface area contributed by atoms with Crippen molar-refractivity contribution in [1.82, 2.24) is 29.7 Å². The number of nitrogens with zero attached hydrogens (tertiary/aromatic N) is 6. The van der Waals surface area contributed by atoms with Crippen molar-refractivity contribution in [3.63, 3.8) is 0 Å². The van der Waals surface area contributed by atoms with Crippen LogP contribution in [0.4, 0.5) is 11.9 Å². The lowest BCUT2D eigenvalue weighted by atomic mass is 10.3. The third-order valence-electron chi connectivity index (χ3n) is 3.04. The minimum Gasteiger partial charge on any atom is -0.357 e. The van der Waals surface area contributed by atoms with Crippen LogP contribution in [0.5, 0.6) is 0 Å². The summed E-state index contributed by atoms with van der Waals surface area (Å²) in [5.74, 6) is 1.24. The second-order valence-electron chi connectivity index (χ2n) is 4.62. The lowest BCUT2D eigenvalue weighted by Crippen LogP contribution is -2.23. The lowest BCUT2D eigenvalue weighted by Gasteiger charge is -2.12. The maximum Gasteiger partial charge on any atom is 0.258 e. The molecule has 0 saturated carbocycles. The SMILES string of the molecule is CNc1nc(NC2CCS(=O)(=O)C2)nc(-n2cncn2)n1. The zero-order valence-electron chi connectivity index (χ0n) is 11.3. The molecule has 1 aliphatic heterocycles. The highest BCUT2D eigenvalue weighted by molar-refractivity contribution is 7.91. The van der Waals surface area contributed by atoms with Crippen molar-refractivity contribution in [2.24, 2.45) is 0 Å². The molecule has 0 aliphatic carbocycles. The highest BCUT2D eigenvalue weighted by atomic mass is 32.2. The minimum atomic E-state index is -2.96. The number of anilines is 2. The van der Waals surface area contributed by atoms with Gasteiger partial charge in [0.05, 0.1) is 11.5 Å². The molecule has 0 bridgehead atoms. The Morgan fingerprint density at radius 3 is 2.71 bits per heavy atom. The molecule has 1 atom stereocenters. The van der Waals surface area contributed by atoms with Crippen LogP contribution in [-0.4, -0.2) is 62.7 Å². The Balaban J connectivity index is 1.86. The van der Waals surface area contributed by atoms with Crippen LogP contribution < -0.4 is 10.6 Å². The van der Waals surface area contributed by atoms with Crippen LogP contribution in [0, 0.1) is 0 Å². The molecule has 11 heteroatoms. The molecule has 112 valence electrons. The van der Waals surface area contributed by atoms with Crippen LogP contribution in [0.15, 0.2) is 12.7 Å². The van der Waals surface area contributed by atoms with E-state index in [1.807, 2.05) is 0 Å². The fourth-order valence-electron chi connectivity index (χ4n) is 2.05. The molecule has 3 rings (SSSR count). The molecule has 0 spiro atoms. The van der Waals surface area contributed by atoms with Crippen LogP contribution in [0.2, 0.25) is 0 Å². The van der Waals surface area contributed by atoms with E-state index in [0.29, 0.717) is 24.3 Å². The summed E-state index contributed by atoms with van der Waals surface area (Å²) in [5.41, 5.74) is 0. The Bertz CT molecular complexity index is 730. The quantitative estimate of drug-likeness (QED) is 0.737. The van der Waals surface area contributed by atoms with E-state index in [9.17, 15) is 8.42 Å². The van der Waals surface area contributed by atoms with E-state index in [4.69, 9.17) is 0 Å². The Labute approximate surface area is 121 Å². The molecule has 0 amide bonds. The smallest absolute Gasteiger partial charge is 0.258 e. The predicted molar refractivity (Wildman–Crippen MR) is 75.0 cm³/mol. The van der Waals surface area contributed by atoms with E-state index < -0.39 is 9.84 Å². The van der Waals surface area contributed by atoms with Crippen molar-refractivity contribution >= 4 is 21.7 Å². The van der Waals surface area contributed by atoms with E-state index in [0.717, 1.165) is 0 Å². The Hall–Kier alpha value is -2.30. The summed E-state index contributed by atoms with van der Waals surface area (Å²) >= 11 is 0. The summed E-state index contributed by atoms with van der Waals surface area (Å²) < 4.78 is 24.4. The van der Waals surface area contributed by atoms with Crippen LogP contribution >= 0.6 is 0 Å². The normalized spacial score (nSPS) is 20.3. The van der Waals surface area contributed by atoms with Crippen molar-refractivity contribution in [2.45, 2.75) is 12.5 Å². The Morgan fingerprint density at radius 2 is 2.10 bits per heavy atom. The molecule has 21 heavy (non-hydrogen) atoms. The van der Waals surface area contributed by atoms with E-state index in [-0.39, 0.29) is 17.5 Å². The van der Waals surface area contributed by atoms with Crippen LogP contribution in [0.1, 0.15) is 6.42 Å².